The number of rotatable bonds is 6. The molecule has 4 heteroatoms. The van der Waals surface area contributed by atoms with E-state index in [-0.39, 0.29) is 16.7 Å². The van der Waals surface area contributed by atoms with Gasteiger partial charge in [-0.2, -0.15) is 0 Å². The maximum atomic E-state index is 7.36. The molecule has 0 fully saturated rings. The van der Waals surface area contributed by atoms with Crippen molar-refractivity contribution in [1.82, 2.24) is 0 Å². The molecule has 3 aliphatic rings. The summed E-state index contributed by atoms with van der Waals surface area (Å²) in [5, 5.41) is 12.1. The number of furan rings is 2. The molecule has 0 bridgehead atoms. The van der Waals surface area contributed by atoms with E-state index in [1.807, 2.05) is 0 Å². The van der Waals surface area contributed by atoms with Gasteiger partial charge < -0.3 is 18.6 Å². The van der Waals surface area contributed by atoms with Gasteiger partial charge in [-0.15, -0.1) is 0 Å². The summed E-state index contributed by atoms with van der Waals surface area (Å²) in [7, 11) is 0. The van der Waals surface area contributed by atoms with Crippen molar-refractivity contribution < 1.29 is 8.83 Å². The van der Waals surface area contributed by atoms with E-state index >= 15 is 0 Å². The van der Waals surface area contributed by atoms with Crippen molar-refractivity contribution >= 4 is 110 Å². The van der Waals surface area contributed by atoms with Crippen LogP contribution in [0.2, 0.25) is 0 Å². The van der Waals surface area contributed by atoms with E-state index < -0.39 is 5.41 Å². The molecule has 0 saturated heterocycles. The molecule has 2 aliphatic carbocycles. The van der Waals surface area contributed by atoms with E-state index in [0.717, 1.165) is 78.7 Å². The van der Waals surface area contributed by atoms with Crippen LogP contribution in [0, 0.1) is 0 Å². The third kappa shape index (κ3) is 7.64. The fourth-order valence-corrected chi connectivity index (χ4v) is 16.6. The van der Waals surface area contributed by atoms with Gasteiger partial charge in [0.25, 0.3) is 0 Å². The van der Waals surface area contributed by atoms with Crippen LogP contribution >= 0.6 is 0 Å². The second-order valence-corrected chi connectivity index (χ2v) is 29.1. The van der Waals surface area contributed by atoms with Gasteiger partial charge in [0.1, 0.15) is 11.2 Å². The van der Waals surface area contributed by atoms with Crippen LogP contribution < -0.4 is 9.80 Å². The third-order valence-corrected chi connectivity index (χ3v) is 21.1. The molecule has 446 valence electrons. The van der Waals surface area contributed by atoms with Crippen molar-refractivity contribution in [2.24, 2.45) is 0 Å². The van der Waals surface area contributed by atoms with Crippen LogP contribution in [0.25, 0.3) is 98.4 Å². The summed E-state index contributed by atoms with van der Waals surface area (Å²) in [4.78, 5) is 5.03. The number of fused-ring (bicyclic) bond motifs is 25. The van der Waals surface area contributed by atoms with E-state index in [9.17, 15) is 0 Å². The predicted octanol–water partition coefficient (Wildman–Crippen LogP) is 25.0. The van der Waals surface area contributed by atoms with Crippen LogP contribution in [-0.2, 0) is 22.7 Å². The molecule has 92 heavy (non-hydrogen) atoms. The molecule has 1 aliphatic heterocycles. The van der Waals surface area contributed by atoms with Gasteiger partial charge in [-0.05, 0) is 200 Å². The molecule has 15 aromatic rings. The van der Waals surface area contributed by atoms with E-state index in [1.165, 1.54) is 116 Å². The van der Waals surface area contributed by atoms with Gasteiger partial charge in [0, 0.05) is 45.0 Å². The van der Waals surface area contributed by atoms with Crippen LogP contribution in [0.5, 0.6) is 0 Å². The number of hydrogen-bond donors (Lipinski definition) is 0. The van der Waals surface area contributed by atoms with Crippen LogP contribution in [0.4, 0.5) is 34.1 Å². The van der Waals surface area contributed by atoms with E-state index in [1.54, 1.807) is 0 Å². The Balaban J connectivity index is 0.954. The van der Waals surface area contributed by atoms with E-state index in [2.05, 4.69) is 310 Å². The molecule has 3 heterocycles. The minimum atomic E-state index is -0.776. The summed E-state index contributed by atoms with van der Waals surface area (Å²) >= 11 is 0. The Labute approximate surface area is 538 Å². The highest BCUT2D eigenvalue weighted by atomic mass is 16.3. The van der Waals surface area contributed by atoms with Gasteiger partial charge in [0.2, 0.25) is 0 Å². The summed E-state index contributed by atoms with van der Waals surface area (Å²) < 4.78 is 14.6. The first-order valence-corrected chi connectivity index (χ1v) is 33.1. The van der Waals surface area contributed by atoms with Crippen molar-refractivity contribution in [3.8, 4) is 22.3 Å². The second kappa shape index (κ2) is 19.4. The average Bonchev–Trinajstić information content (AvgIpc) is 1.49. The minimum Gasteiger partial charge on any atom is -0.454 e. The molecule has 0 amide bonds. The number of nitrogens with zero attached hydrogens (tertiary/aromatic N) is 2. The molecule has 1 atom stereocenters. The summed E-state index contributed by atoms with van der Waals surface area (Å²) in [6.07, 6.45) is 0.744. The lowest BCUT2D eigenvalue weighted by Crippen LogP contribution is -2.27. The zero-order valence-corrected chi connectivity index (χ0v) is 54.0. The normalized spacial score (nSPS) is 15.0. The Kier molecular flexibility index (Phi) is 11.6. The Bertz CT molecular complexity index is 5640. The standard InChI is InChI=1S/C88H72N2O2/c1-50(2)59-25-17-27-67-69-29-19-31-79(84(69)91-82(59)67)89(56-37-33-54(34-38-56)86(5,6)7)58-41-43-66-73-45-53-44-52-32-42-70-68-28-18-26-60(51(3)4)83(68)92-85(70)81(52)90(57-39-35-55(36-40-57)87(8,9)10)80(53)49-78(73)88(76(66)46-58)75-30-16-15-24-65(75)74-47-71-63-22-13-11-20-61(63)62-21-12-14-23-64(62)72(71)48-77(74)88/h11-43,45-51H,44H2,1-10H3. The van der Waals surface area contributed by atoms with Crippen molar-refractivity contribution in [1.29, 1.82) is 0 Å². The van der Waals surface area contributed by atoms with E-state index in [4.69, 9.17) is 8.83 Å². The molecule has 18 rings (SSSR count). The van der Waals surface area contributed by atoms with Gasteiger partial charge in [0.05, 0.1) is 22.5 Å². The number of para-hydroxylation sites is 3. The van der Waals surface area contributed by atoms with Crippen molar-refractivity contribution in [2.75, 3.05) is 9.80 Å². The van der Waals surface area contributed by atoms with E-state index in [0.29, 0.717) is 5.92 Å². The van der Waals surface area contributed by atoms with Gasteiger partial charge in [0.15, 0.2) is 11.2 Å². The molecule has 13 aromatic carbocycles. The highest BCUT2D eigenvalue weighted by Crippen LogP contribution is 2.66. The van der Waals surface area contributed by atoms with Crippen LogP contribution in [0.1, 0.15) is 137 Å². The number of hydrogen-bond acceptors (Lipinski definition) is 4. The van der Waals surface area contributed by atoms with Gasteiger partial charge in [-0.25, -0.2) is 0 Å². The van der Waals surface area contributed by atoms with Crippen LogP contribution in [0.15, 0.2) is 239 Å². The molecule has 0 radical (unpaired) electrons. The van der Waals surface area contributed by atoms with Crippen LogP contribution in [-0.4, -0.2) is 0 Å². The van der Waals surface area contributed by atoms with Crippen molar-refractivity contribution in [3.63, 3.8) is 0 Å². The summed E-state index contributed by atoms with van der Waals surface area (Å²) in [5.74, 6) is 0.580. The topological polar surface area (TPSA) is 32.8 Å². The monoisotopic (exact) mass is 1190 g/mol. The predicted molar refractivity (Wildman–Crippen MR) is 388 cm³/mol. The lowest BCUT2D eigenvalue weighted by Gasteiger charge is -2.36. The molecular weight excluding hydrogens is 1120 g/mol. The Morgan fingerprint density at radius 1 is 0.370 bits per heavy atom. The largest absolute Gasteiger partial charge is 0.454 e. The molecular formula is C88H72N2O2. The van der Waals surface area contributed by atoms with Crippen LogP contribution in [0.3, 0.4) is 0 Å². The zero-order chi connectivity index (χ0) is 62.4. The molecule has 2 aromatic heterocycles. The fourth-order valence-electron chi connectivity index (χ4n) is 16.6. The average molecular weight is 1190 g/mol. The van der Waals surface area contributed by atoms with Gasteiger partial charge in [-0.3, -0.25) is 0 Å². The third-order valence-electron chi connectivity index (χ3n) is 21.1. The van der Waals surface area contributed by atoms with Crippen molar-refractivity contribution in [3.05, 3.63) is 286 Å². The molecule has 4 nitrogen and oxygen atoms in total. The molecule has 0 N–H and O–H groups in total. The van der Waals surface area contributed by atoms with Gasteiger partial charge in [-0.1, -0.05) is 233 Å². The summed E-state index contributed by atoms with van der Waals surface area (Å²) in [6.45, 7) is 22.9. The number of anilines is 6. The maximum Gasteiger partial charge on any atom is 0.159 e. The SMILES string of the molecule is CC(C)c1cccc2c1oc1c(N(c3ccc(C(C)(C)C)cc3)c3ccc4c(c3)C3(c5ccccc5-c5cc6c7ccccc7c7ccccc7c6cc53)c3cc5c(cc3-4)Cc3ccc4c(oc6c(C(C)C)cccc64)c3N5c3ccc(C(C)(C)C)cc3)cccc12. The lowest BCUT2D eigenvalue weighted by atomic mass is 9.69. The minimum absolute atomic E-state index is 0.0281. The molecule has 1 spiro atoms. The highest BCUT2D eigenvalue weighted by molar-refractivity contribution is 6.26. The maximum absolute atomic E-state index is 7.36. The Morgan fingerprint density at radius 3 is 1.49 bits per heavy atom. The zero-order valence-electron chi connectivity index (χ0n) is 54.0. The molecule has 0 saturated carbocycles. The first kappa shape index (κ1) is 54.7. The first-order valence-electron chi connectivity index (χ1n) is 33.1. The number of benzene rings is 13. The fraction of sp³-hybridized carbons (Fsp3) is 0.182. The highest BCUT2D eigenvalue weighted by Gasteiger charge is 2.53. The summed E-state index contributed by atoms with van der Waals surface area (Å²) in [5.41, 5.74) is 27.1. The smallest absolute Gasteiger partial charge is 0.159 e. The second-order valence-electron chi connectivity index (χ2n) is 29.1. The van der Waals surface area contributed by atoms with Gasteiger partial charge >= 0.3 is 0 Å². The van der Waals surface area contributed by atoms with Crippen molar-refractivity contribution in [2.45, 2.75) is 104 Å². The lowest BCUT2D eigenvalue weighted by molar-refractivity contribution is 0.590. The first-order chi connectivity index (χ1) is 44.5. The Hall–Kier alpha value is -10.2. The Morgan fingerprint density at radius 2 is 0.859 bits per heavy atom. The summed E-state index contributed by atoms with van der Waals surface area (Å²) in [6, 6.07) is 88.5. The molecule has 1 unspecified atom stereocenters. The quantitative estimate of drug-likeness (QED) is 0.155.